The highest BCUT2D eigenvalue weighted by Gasteiger charge is 2.26. The Morgan fingerprint density at radius 1 is 1.67 bits per heavy atom. The lowest BCUT2D eigenvalue weighted by Gasteiger charge is -2.06. The van der Waals surface area contributed by atoms with Crippen LogP contribution in [0, 0.1) is 5.82 Å². The first-order valence-electron chi connectivity index (χ1n) is 4.70. The van der Waals surface area contributed by atoms with Crippen molar-refractivity contribution in [2.24, 2.45) is 0 Å². The molecule has 0 spiro atoms. The molecule has 1 aromatic rings. The second-order valence-corrected chi connectivity index (χ2v) is 3.47. The molecular weight excluding hydrogens is 199 g/mol. The van der Waals surface area contributed by atoms with Crippen LogP contribution in [0.3, 0.4) is 0 Å². The van der Waals surface area contributed by atoms with Crippen LogP contribution in [0.1, 0.15) is 17.9 Å². The third-order valence-corrected chi connectivity index (χ3v) is 2.50. The van der Waals surface area contributed by atoms with E-state index in [2.05, 4.69) is 4.74 Å². The van der Waals surface area contributed by atoms with Crippen molar-refractivity contribution in [2.45, 2.75) is 12.3 Å². The summed E-state index contributed by atoms with van der Waals surface area (Å²) in [7, 11) is 1.35. The standard InChI is InChI=1S/C11H11FO3/c1-14-11(13)4-7-6-15-10-5-8(12)2-3-9(7)10/h2-3,5,7H,4,6H2,1H3/t7-/m0/s1. The van der Waals surface area contributed by atoms with Crippen molar-refractivity contribution < 1.29 is 18.7 Å². The molecule has 80 valence electrons. The summed E-state index contributed by atoms with van der Waals surface area (Å²) in [4.78, 5) is 11.1. The maximum absolute atomic E-state index is 12.8. The average Bonchev–Trinajstić information content (AvgIpc) is 2.60. The number of carbonyl (C=O) groups excluding carboxylic acids is 1. The zero-order valence-electron chi connectivity index (χ0n) is 8.33. The summed E-state index contributed by atoms with van der Waals surface area (Å²) in [5.41, 5.74) is 0.877. The first kappa shape index (κ1) is 9.96. The molecule has 1 aliphatic rings. The molecule has 0 aromatic heterocycles. The second kappa shape index (κ2) is 3.88. The van der Waals surface area contributed by atoms with Gasteiger partial charge in [-0.15, -0.1) is 0 Å². The second-order valence-electron chi connectivity index (χ2n) is 3.47. The molecule has 4 heteroatoms. The van der Waals surface area contributed by atoms with Crippen molar-refractivity contribution >= 4 is 5.97 Å². The van der Waals surface area contributed by atoms with Crippen LogP contribution in [0.25, 0.3) is 0 Å². The Bertz CT molecular complexity index is 389. The van der Waals surface area contributed by atoms with E-state index in [4.69, 9.17) is 4.74 Å². The maximum atomic E-state index is 12.8. The predicted octanol–water partition coefficient (Wildman–Crippen LogP) is 1.86. The Hall–Kier alpha value is -1.58. The molecule has 0 fully saturated rings. The van der Waals surface area contributed by atoms with E-state index in [0.29, 0.717) is 12.4 Å². The molecule has 0 bridgehead atoms. The fourth-order valence-corrected chi connectivity index (χ4v) is 1.70. The number of hydrogen-bond donors (Lipinski definition) is 0. The van der Waals surface area contributed by atoms with Crippen LogP contribution in [0.5, 0.6) is 5.75 Å². The van der Waals surface area contributed by atoms with Gasteiger partial charge in [0, 0.05) is 17.5 Å². The van der Waals surface area contributed by atoms with Crippen LogP contribution >= 0.6 is 0 Å². The SMILES string of the molecule is COC(=O)C[C@H]1COc2cc(F)ccc21. The predicted molar refractivity (Wildman–Crippen MR) is 51.3 cm³/mol. The van der Waals surface area contributed by atoms with Gasteiger partial charge in [0.15, 0.2) is 0 Å². The smallest absolute Gasteiger partial charge is 0.306 e. The van der Waals surface area contributed by atoms with E-state index in [9.17, 15) is 9.18 Å². The number of carbonyl (C=O) groups is 1. The third-order valence-electron chi connectivity index (χ3n) is 2.50. The summed E-state index contributed by atoms with van der Waals surface area (Å²) in [6.07, 6.45) is 0.273. The van der Waals surface area contributed by atoms with Crippen molar-refractivity contribution in [1.29, 1.82) is 0 Å². The van der Waals surface area contributed by atoms with Gasteiger partial charge in [0.2, 0.25) is 0 Å². The van der Waals surface area contributed by atoms with Crippen molar-refractivity contribution in [3.8, 4) is 5.75 Å². The van der Waals surface area contributed by atoms with E-state index in [1.807, 2.05) is 0 Å². The lowest BCUT2D eigenvalue weighted by molar-refractivity contribution is -0.141. The number of fused-ring (bicyclic) bond motifs is 1. The lowest BCUT2D eigenvalue weighted by Crippen LogP contribution is -2.09. The Morgan fingerprint density at radius 3 is 3.20 bits per heavy atom. The minimum absolute atomic E-state index is 0.0203. The lowest BCUT2D eigenvalue weighted by atomic mass is 9.98. The van der Waals surface area contributed by atoms with Gasteiger partial charge in [0.1, 0.15) is 11.6 Å². The van der Waals surface area contributed by atoms with Crippen LogP contribution < -0.4 is 4.74 Å². The Labute approximate surface area is 86.8 Å². The monoisotopic (exact) mass is 210 g/mol. The van der Waals surface area contributed by atoms with E-state index in [0.717, 1.165) is 5.56 Å². The minimum atomic E-state index is -0.326. The van der Waals surface area contributed by atoms with Gasteiger partial charge in [0.25, 0.3) is 0 Å². The summed E-state index contributed by atoms with van der Waals surface area (Å²) < 4.78 is 22.7. The van der Waals surface area contributed by atoms with Gasteiger partial charge in [-0.05, 0) is 6.07 Å². The molecular formula is C11H11FO3. The fraction of sp³-hybridized carbons (Fsp3) is 0.364. The van der Waals surface area contributed by atoms with Crippen LogP contribution in [-0.2, 0) is 9.53 Å². The molecule has 0 radical (unpaired) electrons. The van der Waals surface area contributed by atoms with Gasteiger partial charge in [-0.1, -0.05) is 6.07 Å². The van der Waals surface area contributed by atoms with E-state index in [1.165, 1.54) is 19.2 Å². The van der Waals surface area contributed by atoms with Crippen molar-refractivity contribution in [3.63, 3.8) is 0 Å². The molecule has 0 amide bonds. The molecule has 1 aromatic carbocycles. The number of halogens is 1. The normalized spacial score (nSPS) is 18.1. The number of esters is 1. The van der Waals surface area contributed by atoms with E-state index >= 15 is 0 Å². The molecule has 2 rings (SSSR count). The van der Waals surface area contributed by atoms with Gasteiger partial charge in [-0.25, -0.2) is 4.39 Å². The van der Waals surface area contributed by atoms with Gasteiger partial charge in [-0.3, -0.25) is 4.79 Å². The molecule has 15 heavy (non-hydrogen) atoms. The zero-order valence-corrected chi connectivity index (χ0v) is 8.33. The summed E-state index contributed by atoms with van der Waals surface area (Å²) in [6, 6.07) is 4.37. The highest BCUT2D eigenvalue weighted by Crippen LogP contribution is 2.36. The number of rotatable bonds is 2. The van der Waals surface area contributed by atoms with Crippen molar-refractivity contribution in [1.82, 2.24) is 0 Å². The molecule has 1 heterocycles. The van der Waals surface area contributed by atoms with Crippen LogP contribution in [0.2, 0.25) is 0 Å². The van der Waals surface area contributed by atoms with Crippen molar-refractivity contribution in [3.05, 3.63) is 29.6 Å². The first-order valence-corrected chi connectivity index (χ1v) is 4.70. The van der Waals surface area contributed by atoms with E-state index in [1.54, 1.807) is 6.07 Å². The Morgan fingerprint density at radius 2 is 2.47 bits per heavy atom. The van der Waals surface area contributed by atoms with E-state index in [-0.39, 0.29) is 24.1 Å². The Balaban J connectivity index is 2.18. The largest absolute Gasteiger partial charge is 0.493 e. The molecule has 0 aliphatic carbocycles. The number of methoxy groups -OCH3 is 1. The zero-order chi connectivity index (χ0) is 10.8. The topological polar surface area (TPSA) is 35.5 Å². The first-order chi connectivity index (χ1) is 7.20. The molecule has 1 aliphatic heterocycles. The van der Waals surface area contributed by atoms with Gasteiger partial charge < -0.3 is 9.47 Å². The van der Waals surface area contributed by atoms with Crippen LogP contribution in [0.4, 0.5) is 4.39 Å². The Kier molecular flexibility index (Phi) is 2.58. The molecule has 3 nitrogen and oxygen atoms in total. The van der Waals surface area contributed by atoms with Gasteiger partial charge in [0.05, 0.1) is 20.1 Å². The van der Waals surface area contributed by atoms with Crippen molar-refractivity contribution in [2.75, 3.05) is 13.7 Å². The number of hydrogen-bond acceptors (Lipinski definition) is 3. The highest BCUT2D eigenvalue weighted by molar-refractivity contribution is 5.71. The number of ether oxygens (including phenoxy) is 2. The van der Waals surface area contributed by atoms with Crippen LogP contribution in [-0.4, -0.2) is 19.7 Å². The fourth-order valence-electron chi connectivity index (χ4n) is 1.70. The summed E-state index contributed by atoms with van der Waals surface area (Å²) in [5, 5.41) is 0. The quantitative estimate of drug-likeness (QED) is 0.699. The molecule has 0 saturated carbocycles. The van der Waals surface area contributed by atoms with Crippen LogP contribution in [0.15, 0.2) is 18.2 Å². The van der Waals surface area contributed by atoms with Gasteiger partial charge >= 0.3 is 5.97 Å². The average molecular weight is 210 g/mol. The number of benzene rings is 1. The summed E-state index contributed by atoms with van der Waals surface area (Å²) >= 11 is 0. The third kappa shape index (κ3) is 1.93. The van der Waals surface area contributed by atoms with Gasteiger partial charge in [-0.2, -0.15) is 0 Å². The molecule has 0 unspecified atom stereocenters. The highest BCUT2D eigenvalue weighted by atomic mass is 19.1. The summed E-state index contributed by atoms with van der Waals surface area (Å²) in [6.45, 7) is 0.411. The van der Waals surface area contributed by atoms with E-state index < -0.39 is 0 Å². The molecule has 1 atom stereocenters. The molecule has 0 N–H and O–H groups in total. The molecule has 0 saturated heterocycles. The maximum Gasteiger partial charge on any atom is 0.306 e. The minimum Gasteiger partial charge on any atom is -0.493 e. The summed E-state index contributed by atoms with van der Waals surface area (Å²) in [5.74, 6) is -0.0924.